The van der Waals surface area contributed by atoms with E-state index < -0.39 is 6.04 Å². The first-order chi connectivity index (χ1) is 14.3. The number of carbonyl (C=O) groups is 1. The van der Waals surface area contributed by atoms with Crippen LogP contribution in [0, 0.1) is 0 Å². The molecule has 1 amide bonds. The summed E-state index contributed by atoms with van der Waals surface area (Å²) in [5.74, 6) is -0.126. The Labute approximate surface area is 184 Å². The molecule has 0 saturated heterocycles. The minimum Gasteiger partial charge on any atom is -0.265 e. The van der Waals surface area contributed by atoms with E-state index in [4.69, 9.17) is 0 Å². The largest absolute Gasteiger partial charge is 0.320 e. The number of para-hydroxylation sites is 1. The molecule has 5 heteroatoms. The van der Waals surface area contributed by atoms with Crippen LogP contribution in [0.25, 0.3) is 0 Å². The lowest BCUT2D eigenvalue weighted by molar-refractivity contribution is -0.455. The third-order valence-electron chi connectivity index (χ3n) is 3.21. The van der Waals surface area contributed by atoms with Crippen LogP contribution in [0.3, 0.4) is 0 Å². The summed E-state index contributed by atoms with van der Waals surface area (Å²) >= 11 is 0. The van der Waals surface area contributed by atoms with Gasteiger partial charge in [-0.1, -0.05) is 104 Å². The highest BCUT2D eigenvalue weighted by atomic mass is 16.2. The highest BCUT2D eigenvalue weighted by molar-refractivity contribution is 6.13. The number of carbonyl (C=O) groups excluding carboxylic acids is 1. The van der Waals surface area contributed by atoms with E-state index >= 15 is 0 Å². The maximum absolute atomic E-state index is 12.4. The van der Waals surface area contributed by atoms with E-state index in [1.54, 1.807) is 0 Å². The lowest BCUT2D eigenvalue weighted by atomic mass is 10.2. The number of benzene rings is 2. The summed E-state index contributed by atoms with van der Waals surface area (Å²) in [7, 11) is 0. The molecule has 0 radical (unpaired) electrons. The Hall–Kier alpha value is -2.82. The zero-order valence-electron chi connectivity index (χ0n) is 19.6. The Bertz CT molecular complexity index is 698. The fourth-order valence-electron chi connectivity index (χ4n) is 2.12. The molecule has 0 saturated carbocycles. The number of hydrazone groups is 1. The molecule has 30 heavy (non-hydrogen) atoms. The quantitative estimate of drug-likeness (QED) is 0.581. The van der Waals surface area contributed by atoms with E-state index in [2.05, 4.69) is 15.3 Å². The van der Waals surface area contributed by atoms with Crippen LogP contribution in [0.1, 0.15) is 69.7 Å². The standard InChI is InChI=1S/C16H14N4O.4C2H6.CH4/c1-12-15(18-17-13-8-4-2-5-9-13)16(21)20(19-12)14-10-6-3-7-11-14;4*1-2;/h2-11,15H,1H3;4*1-2H3;1H4/p+1. The van der Waals surface area contributed by atoms with E-state index in [1.165, 1.54) is 5.01 Å². The second-order valence-corrected chi connectivity index (χ2v) is 4.76. The molecule has 2 aromatic carbocycles. The van der Waals surface area contributed by atoms with Crippen molar-refractivity contribution in [1.29, 1.82) is 0 Å². The molecule has 3 rings (SSSR count). The van der Waals surface area contributed by atoms with Crippen LogP contribution in [-0.2, 0) is 4.79 Å². The molecule has 1 aliphatic rings. The van der Waals surface area contributed by atoms with E-state index in [0.29, 0.717) is 0 Å². The number of nitrogens with one attached hydrogen (secondary N) is 1. The van der Waals surface area contributed by atoms with Gasteiger partial charge in [0.25, 0.3) is 0 Å². The maximum Gasteiger partial charge on any atom is 0.320 e. The number of hydrogen-bond donors (Lipinski definition) is 1. The number of amides is 1. The molecular weight excluding hydrogens is 372 g/mol. The van der Waals surface area contributed by atoms with Gasteiger partial charge in [0.1, 0.15) is 5.69 Å². The monoisotopic (exact) mass is 415 g/mol. The van der Waals surface area contributed by atoms with Gasteiger partial charge >= 0.3 is 5.91 Å². The van der Waals surface area contributed by atoms with Crippen LogP contribution in [0.4, 0.5) is 11.4 Å². The van der Waals surface area contributed by atoms with Crippen molar-refractivity contribution in [2.24, 2.45) is 10.2 Å². The highest BCUT2D eigenvalue weighted by Crippen LogP contribution is 2.16. The predicted octanol–water partition coefficient (Wildman–Crippen LogP) is 6.38. The van der Waals surface area contributed by atoms with Gasteiger partial charge in [0, 0.05) is 6.92 Å². The van der Waals surface area contributed by atoms with Crippen LogP contribution < -0.4 is 10.1 Å². The Kier molecular flexibility index (Phi) is 22.2. The summed E-state index contributed by atoms with van der Waals surface area (Å²) in [5, 5.41) is 12.9. The maximum atomic E-state index is 12.4. The van der Waals surface area contributed by atoms with Crippen molar-refractivity contribution in [3.63, 3.8) is 0 Å². The van der Waals surface area contributed by atoms with Gasteiger partial charge in [-0.15, -0.1) is 5.10 Å². The van der Waals surface area contributed by atoms with Gasteiger partial charge < -0.3 is 0 Å². The number of rotatable bonds is 3. The molecule has 0 spiro atoms. The first-order valence-electron chi connectivity index (χ1n) is 10.7. The lowest BCUT2D eigenvalue weighted by Crippen LogP contribution is -2.81. The van der Waals surface area contributed by atoms with E-state index in [-0.39, 0.29) is 13.3 Å². The van der Waals surface area contributed by atoms with Crippen molar-refractivity contribution in [2.45, 2.75) is 75.8 Å². The van der Waals surface area contributed by atoms with Crippen molar-refractivity contribution in [3.8, 4) is 0 Å². The van der Waals surface area contributed by atoms with Crippen molar-refractivity contribution < 1.29 is 9.90 Å². The van der Waals surface area contributed by atoms with Gasteiger partial charge in [-0.3, -0.25) is 4.79 Å². The van der Waals surface area contributed by atoms with E-state index in [9.17, 15) is 4.79 Å². The first-order valence-corrected chi connectivity index (χ1v) is 10.7. The number of anilines is 1. The van der Waals surface area contributed by atoms with Crippen LogP contribution in [0.5, 0.6) is 0 Å². The van der Waals surface area contributed by atoms with Crippen LogP contribution in [0.2, 0.25) is 0 Å². The Morgan fingerprint density at radius 1 is 0.767 bits per heavy atom. The minimum absolute atomic E-state index is 0. The molecule has 0 aromatic heterocycles. The summed E-state index contributed by atoms with van der Waals surface area (Å²) in [6.45, 7) is 17.8. The predicted molar refractivity (Wildman–Crippen MR) is 132 cm³/mol. The van der Waals surface area contributed by atoms with Crippen molar-refractivity contribution in [2.75, 3.05) is 5.01 Å². The molecule has 0 bridgehead atoms. The van der Waals surface area contributed by atoms with E-state index in [0.717, 1.165) is 17.1 Å². The molecular formula is C25H43N4O+. The number of hydrogen-bond acceptors (Lipinski definition) is 3. The third-order valence-corrected chi connectivity index (χ3v) is 3.21. The molecule has 0 fully saturated rings. The zero-order valence-corrected chi connectivity index (χ0v) is 19.6. The summed E-state index contributed by atoms with van der Waals surface area (Å²) in [6.07, 6.45) is 0. The molecule has 1 aliphatic heterocycles. The molecule has 2 aromatic rings. The number of azo groups is 1. The lowest BCUT2D eigenvalue weighted by Gasteiger charge is -2.06. The van der Waals surface area contributed by atoms with Gasteiger partial charge in [-0.05, 0) is 24.3 Å². The van der Waals surface area contributed by atoms with Crippen LogP contribution in [-0.4, -0.2) is 17.7 Å². The fourth-order valence-corrected chi connectivity index (χ4v) is 2.12. The van der Waals surface area contributed by atoms with Gasteiger partial charge in [-0.25, -0.2) is 0 Å². The SMILES string of the molecule is C.CC.CC.CC.CC.CC1=[NH+]N(c2ccccc2)C(=O)C1N=Nc1ccccc1. The fraction of sp³-hybridized carbons (Fsp3) is 0.440. The van der Waals surface area contributed by atoms with Crippen molar-refractivity contribution >= 4 is 23.0 Å². The zero-order chi connectivity index (χ0) is 22.7. The summed E-state index contributed by atoms with van der Waals surface area (Å²) in [4.78, 5) is 12.4. The van der Waals surface area contributed by atoms with Crippen molar-refractivity contribution in [1.82, 2.24) is 0 Å². The average molecular weight is 416 g/mol. The van der Waals surface area contributed by atoms with Crippen LogP contribution in [0.15, 0.2) is 70.9 Å². The molecule has 5 nitrogen and oxygen atoms in total. The van der Waals surface area contributed by atoms with Crippen molar-refractivity contribution in [3.05, 3.63) is 60.7 Å². The Balaban J connectivity index is -0.000000729. The molecule has 0 aliphatic carbocycles. The minimum atomic E-state index is -0.592. The molecule has 1 N–H and O–H groups in total. The number of hydrazine groups is 1. The highest BCUT2D eigenvalue weighted by Gasteiger charge is 2.40. The second-order valence-electron chi connectivity index (χ2n) is 4.76. The molecule has 1 atom stereocenters. The second kappa shape index (κ2) is 20.9. The Morgan fingerprint density at radius 2 is 1.20 bits per heavy atom. The normalized spacial score (nSPS) is 13.6. The summed E-state index contributed by atoms with van der Waals surface area (Å²) in [5.41, 5.74) is 2.29. The molecule has 1 unspecified atom stereocenters. The molecule has 1 heterocycles. The van der Waals surface area contributed by atoms with Gasteiger partial charge in [0.2, 0.25) is 11.8 Å². The smallest absolute Gasteiger partial charge is 0.265 e. The van der Waals surface area contributed by atoms with Crippen LogP contribution >= 0.6 is 0 Å². The molecule has 168 valence electrons. The topological polar surface area (TPSA) is 59.0 Å². The average Bonchev–Trinajstić information content (AvgIpc) is 3.12. The number of nitrogens with zero attached hydrogens (tertiary/aromatic N) is 3. The van der Waals surface area contributed by atoms with Gasteiger partial charge in [0.05, 0.1) is 5.69 Å². The third kappa shape index (κ3) is 10.1. The van der Waals surface area contributed by atoms with E-state index in [1.807, 2.05) is 123 Å². The Morgan fingerprint density at radius 3 is 1.67 bits per heavy atom. The van der Waals surface area contributed by atoms with Gasteiger partial charge in [-0.2, -0.15) is 10.2 Å². The summed E-state index contributed by atoms with van der Waals surface area (Å²) in [6, 6.07) is 18.2. The van der Waals surface area contributed by atoms with Gasteiger partial charge in [0.15, 0.2) is 0 Å². The summed E-state index contributed by atoms with van der Waals surface area (Å²) < 4.78 is 0. The first kappa shape index (κ1) is 31.9.